The second kappa shape index (κ2) is 7.02. The van der Waals surface area contributed by atoms with Gasteiger partial charge in [0.2, 0.25) is 0 Å². The summed E-state index contributed by atoms with van der Waals surface area (Å²) in [6.07, 6.45) is 8.33. The number of hydrogen-bond donors (Lipinski definition) is 1. The van der Waals surface area contributed by atoms with Gasteiger partial charge in [-0.2, -0.15) is 0 Å². The topological polar surface area (TPSA) is 15.3 Å². The third-order valence-electron chi connectivity index (χ3n) is 3.25. The van der Waals surface area contributed by atoms with Gasteiger partial charge in [-0.3, -0.25) is 4.90 Å². The molecule has 1 aliphatic carbocycles. The van der Waals surface area contributed by atoms with Crippen LogP contribution in [-0.2, 0) is 0 Å². The van der Waals surface area contributed by atoms with Crippen LogP contribution < -0.4 is 5.32 Å². The molecule has 1 unspecified atom stereocenters. The van der Waals surface area contributed by atoms with Crippen molar-refractivity contribution in [3.8, 4) is 0 Å². The van der Waals surface area contributed by atoms with Crippen molar-refractivity contribution in [3.63, 3.8) is 0 Å². The van der Waals surface area contributed by atoms with Crippen molar-refractivity contribution in [2.24, 2.45) is 0 Å². The molecular weight excluding hydrogens is 184 g/mol. The summed E-state index contributed by atoms with van der Waals surface area (Å²) in [6, 6.07) is 1.37. The maximum atomic E-state index is 3.61. The van der Waals surface area contributed by atoms with E-state index < -0.39 is 0 Å². The molecule has 1 aliphatic rings. The third kappa shape index (κ3) is 3.62. The van der Waals surface area contributed by atoms with Gasteiger partial charge in [-0.25, -0.2) is 0 Å². The Bertz CT molecular complexity index is 189. The molecule has 2 atom stereocenters. The van der Waals surface area contributed by atoms with Crippen LogP contribution in [0.5, 0.6) is 0 Å². The summed E-state index contributed by atoms with van der Waals surface area (Å²) >= 11 is 0. The van der Waals surface area contributed by atoms with Gasteiger partial charge in [0.1, 0.15) is 0 Å². The Kier molecular flexibility index (Phi) is 5.96. The van der Waals surface area contributed by atoms with E-state index in [4.69, 9.17) is 0 Å². The number of hydrogen-bond acceptors (Lipinski definition) is 2. The molecule has 0 aromatic heterocycles. The first-order chi connectivity index (χ1) is 7.33. The standard InChI is InChI=1S/C13H26N2/c1-4-11-15(6-3)13-10-8-7-9-12(13)14-5-2/h7-8,12-14H,4-6,9-11H2,1-3H3/t12?,13-/m1/s1. The van der Waals surface area contributed by atoms with Gasteiger partial charge in [0, 0.05) is 12.1 Å². The van der Waals surface area contributed by atoms with E-state index in [1.807, 2.05) is 0 Å². The summed E-state index contributed by atoms with van der Waals surface area (Å²) in [6.45, 7) is 10.2. The summed E-state index contributed by atoms with van der Waals surface area (Å²) < 4.78 is 0. The van der Waals surface area contributed by atoms with Gasteiger partial charge < -0.3 is 5.32 Å². The van der Waals surface area contributed by atoms with Crippen LogP contribution in [-0.4, -0.2) is 36.6 Å². The van der Waals surface area contributed by atoms with Crippen LogP contribution in [0.2, 0.25) is 0 Å². The average molecular weight is 210 g/mol. The molecule has 0 radical (unpaired) electrons. The average Bonchev–Trinajstić information content (AvgIpc) is 2.27. The summed E-state index contributed by atoms with van der Waals surface area (Å²) in [5, 5.41) is 3.61. The molecule has 0 aliphatic heterocycles. The van der Waals surface area contributed by atoms with Gasteiger partial charge in [0.05, 0.1) is 0 Å². The van der Waals surface area contributed by atoms with Crippen molar-refractivity contribution in [1.29, 1.82) is 0 Å². The van der Waals surface area contributed by atoms with Crippen molar-refractivity contribution < 1.29 is 0 Å². The quantitative estimate of drug-likeness (QED) is 0.677. The van der Waals surface area contributed by atoms with Crippen LogP contribution >= 0.6 is 0 Å². The van der Waals surface area contributed by atoms with E-state index in [9.17, 15) is 0 Å². The first-order valence-electron chi connectivity index (χ1n) is 6.45. The molecule has 0 aromatic carbocycles. The SMILES string of the molecule is CCCN(CC)[C@@H]1CC=CCC1NCC. The molecule has 0 heterocycles. The zero-order valence-electron chi connectivity index (χ0n) is 10.5. The van der Waals surface area contributed by atoms with E-state index in [1.165, 1.54) is 32.4 Å². The monoisotopic (exact) mass is 210 g/mol. The Hall–Kier alpha value is -0.340. The molecule has 0 bridgehead atoms. The van der Waals surface area contributed by atoms with Gasteiger partial charge in [0.15, 0.2) is 0 Å². The van der Waals surface area contributed by atoms with E-state index in [2.05, 4.69) is 43.1 Å². The smallest absolute Gasteiger partial charge is 0.0286 e. The third-order valence-corrected chi connectivity index (χ3v) is 3.25. The van der Waals surface area contributed by atoms with Gasteiger partial charge >= 0.3 is 0 Å². The predicted octanol–water partition coefficient (Wildman–Crippen LogP) is 2.42. The molecule has 0 spiro atoms. The van der Waals surface area contributed by atoms with E-state index in [1.54, 1.807) is 0 Å². The van der Waals surface area contributed by atoms with Crippen molar-refractivity contribution in [1.82, 2.24) is 10.2 Å². The van der Waals surface area contributed by atoms with Crippen molar-refractivity contribution in [2.45, 2.75) is 52.1 Å². The van der Waals surface area contributed by atoms with Crippen molar-refractivity contribution >= 4 is 0 Å². The maximum absolute atomic E-state index is 3.61. The Labute approximate surface area is 94.7 Å². The highest BCUT2D eigenvalue weighted by molar-refractivity contribution is 5.01. The summed E-state index contributed by atoms with van der Waals surface area (Å²) in [7, 11) is 0. The lowest BCUT2D eigenvalue weighted by Gasteiger charge is -2.38. The molecule has 88 valence electrons. The zero-order chi connectivity index (χ0) is 11.1. The first kappa shape index (κ1) is 12.7. The lowest BCUT2D eigenvalue weighted by atomic mass is 9.94. The highest BCUT2D eigenvalue weighted by Crippen LogP contribution is 2.18. The van der Waals surface area contributed by atoms with Crippen LogP contribution in [0.15, 0.2) is 12.2 Å². The van der Waals surface area contributed by atoms with Crippen LogP contribution in [0.4, 0.5) is 0 Å². The van der Waals surface area contributed by atoms with Crippen molar-refractivity contribution in [3.05, 3.63) is 12.2 Å². The van der Waals surface area contributed by atoms with Gasteiger partial charge in [-0.05, 0) is 38.9 Å². The van der Waals surface area contributed by atoms with Crippen LogP contribution in [0, 0.1) is 0 Å². The highest BCUT2D eigenvalue weighted by atomic mass is 15.2. The van der Waals surface area contributed by atoms with E-state index >= 15 is 0 Å². The molecular formula is C13H26N2. The molecule has 1 rings (SSSR count). The fourth-order valence-corrected chi connectivity index (χ4v) is 2.53. The molecule has 0 fully saturated rings. The molecule has 1 N–H and O–H groups in total. The molecule has 0 saturated heterocycles. The molecule has 15 heavy (non-hydrogen) atoms. The lowest BCUT2D eigenvalue weighted by Crippen LogP contribution is -2.51. The van der Waals surface area contributed by atoms with Gasteiger partial charge in [-0.1, -0.05) is 32.9 Å². The predicted molar refractivity (Wildman–Crippen MR) is 67.2 cm³/mol. The number of nitrogens with zero attached hydrogens (tertiary/aromatic N) is 1. The molecule has 0 amide bonds. The largest absolute Gasteiger partial charge is 0.312 e. The second-order valence-corrected chi connectivity index (χ2v) is 4.30. The lowest BCUT2D eigenvalue weighted by molar-refractivity contribution is 0.161. The van der Waals surface area contributed by atoms with Crippen LogP contribution in [0.1, 0.15) is 40.0 Å². The fraction of sp³-hybridized carbons (Fsp3) is 0.846. The molecule has 0 saturated carbocycles. The first-order valence-corrected chi connectivity index (χ1v) is 6.45. The van der Waals surface area contributed by atoms with E-state index in [-0.39, 0.29) is 0 Å². The van der Waals surface area contributed by atoms with E-state index in [0.29, 0.717) is 12.1 Å². The minimum atomic E-state index is 0.659. The fourth-order valence-electron chi connectivity index (χ4n) is 2.53. The van der Waals surface area contributed by atoms with Crippen LogP contribution in [0.25, 0.3) is 0 Å². The Morgan fingerprint density at radius 3 is 2.53 bits per heavy atom. The van der Waals surface area contributed by atoms with Gasteiger partial charge in [0.25, 0.3) is 0 Å². The zero-order valence-corrected chi connectivity index (χ0v) is 10.5. The van der Waals surface area contributed by atoms with Crippen LogP contribution in [0.3, 0.4) is 0 Å². The molecule has 2 nitrogen and oxygen atoms in total. The van der Waals surface area contributed by atoms with Gasteiger partial charge in [-0.15, -0.1) is 0 Å². The number of nitrogens with one attached hydrogen (secondary N) is 1. The Morgan fingerprint density at radius 2 is 1.93 bits per heavy atom. The van der Waals surface area contributed by atoms with E-state index in [0.717, 1.165) is 6.54 Å². The molecule has 0 aromatic rings. The number of likely N-dealkylation sites (N-methyl/N-ethyl adjacent to an activating group) is 2. The summed E-state index contributed by atoms with van der Waals surface area (Å²) in [4.78, 5) is 2.62. The molecule has 2 heteroatoms. The summed E-state index contributed by atoms with van der Waals surface area (Å²) in [5.41, 5.74) is 0. The van der Waals surface area contributed by atoms with Crippen molar-refractivity contribution in [2.75, 3.05) is 19.6 Å². The second-order valence-electron chi connectivity index (χ2n) is 4.30. The Morgan fingerprint density at radius 1 is 1.20 bits per heavy atom. The normalized spacial score (nSPS) is 26.1. The summed E-state index contributed by atoms with van der Waals surface area (Å²) in [5.74, 6) is 0. The Balaban J connectivity index is 2.57. The minimum Gasteiger partial charge on any atom is -0.312 e. The highest BCUT2D eigenvalue weighted by Gasteiger charge is 2.25. The minimum absolute atomic E-state index is 0.659. The maximum Gasteiger partial charge on any atom is 0.0286 e. The number of rotatable bonds is 6.